The number of hydrogen-bond donors (Lipinski definition) is 1. The highest BCUT2D eigenvalue weighted by Crippen LogP contribution is 1.95. The lowest BCUT2D eigenvalue weighted by Crippen LogP contribution is -2.36. The molecule has 1 fully saturated rings. The van der Waals surface area contributed by atoms with Crippen LogP contribution in [0.4, 0.5) is 0 Å². The second kappa shape index (κ2) is 10.8. The molecule has 0 spiro atoms. The minimum atomic E-state index is 0. The Kier molecular flexibility index (Phi) is 10.2. The summed E-state index contributed by atoms with van der Waals surface area (Å²) in [6.45, 7) is 12.7. The normalized spacial score (nSPS) is 15.3. The van der Waals surface area contributed by atoms with Gasteiger partial charge < -0.3 is 10.1 Å². The molecular weight excluding hydrogens is 240 g/mol. The minimum Gasteiger partial charge on any atom is -0.379 e. The standard InChI is InChI=1S/C10H17NO.C5H11NO.H2/c1-10(2)4-3-5-11-6-8-12-9-7-11;1-4(2)5(7)6-3;/h10H,5-9H2,1-2H3;4H,1-3H3,(H,6,7);1H. The predicted molar refractivity (Wildman–Crippen MR) is 80.9 cm³/mol. The van der Waals surface area contributed by atoms with Crippen molar-refractivity contribution in [3.63, 3.8) is 0 Å². The van der Waals surface area contributed by atoms with Crippen LogP contribution in [0.25, 0.3) is 0 Å². The molecule has 1 aliphatic heterocycles. The molecule has 0 saturated carbocycles. The molecule has 0 aliphatic carbocycles. The van der Waals surface area contributed by atoms with E-state index in [4.69, 9.17) is 4.74 Å². The maximum atomic E-state index is 10.4. The first kappa shape index (κ1) is 17.9. The van der Waals surface area contributed by atoms with Gasteiger partial charge in [0.15, 0.2) is 0 Å². The van der Waals surface area contributed by atoms with Crippen LogP contribution in [0.1, 0.15) is 29.1 Å². The summed E-state index contributed by atoms with van der Waals surface area (Å²) in [6, 6.07) is 0. The highest BCUT2D eigenvalue weighted by molar-refractivity contribution is 5.77. The van der Waals surface area contributed by atoms with Crippen LogP contribution in [0.3, 0.4) is 0 Å². The summed E-state index contributed by atoms with van der Waals surface area (Å²) in [6.07, 6.45) is 0. The van der Waals surface area contributed by atoms with E-state index < -0.39 is 0 Å². The molecule has 1 saturated heterocycles. The third-order valence-corrected chi connectivity index (χ3v) is 2.57. The first-order valence-electron chi connectivity index (χ1n) is 6.97. The summed E-state index contributed by atoms with van der Waals surface area (Å²) in [5.41, 5.74) is 0. The molecule has 1 rings (SSSR count). The SMILES string of the molecule is CC(C)C#CCN1CCOCC1.CNC(=O)C(C)C.[HH]. The zero-order chi connectivity index (χ0) is 14.7. The van der Waals surface area contributed by atoms with Crippen molar-refractivity contribution in [2.24, 2.45) is 11.8 Å². The van der Waals surface area contributed by atoms with Gasteiger partial charge in [-0.05, 0) is 0 Å². The monoisotopic (exact) mass is 270 g/mol. The molecule has 0 radical (unpaired) electrons. The number of rotatable bonds is 2. The Labute approximate surface area is 119 Å². The van der Waals surface area contributed by atoms with Crippen LogP contribution in [0.15, 0.2) is 0 Å². The second-order valence-corrected chi connectivity index (χ2v) is 5.13. The van der Waals surface area contributed by atoms with E-state index in [0.717, 1.165) is 32.8 Å². The van der Waals surface area contributed by atoms with Gasteiger partial charge in [-0.3, -0.25) is 9.69 Å². The fourth-order valence-corrected chi connectivity index (χ4v) is 1.41. The molecule has 19 heavy (non-hydrogen) atoms. The minimum absolute atomic E-state index is 0. The van der Waals surface area contributed by atoms with Gasteiger partial charge in [0, 0.05) is 33.4 Å². The van der Waals surface area contributed by atoms with Gasteiger partial charge in [-0.1, -0.05) is 39.5 Å². The topological polar surface area (TPSA) is 41.6 Å². The van der Waals surface area contributed by atoms with E-state index in [9.17, 15) is 4.79 Å². The number of carbonyl (C=O) groups is 1. The summed E-state index contributed by atoms with van der Waals surface area (Å²) in [5, 5.41) is 2.53. The molecular formula is C15H30N2O2. The van der Waals surface area contributed by atoms with E-state index in [1.54, 1.807) is 7.05 Å². The average Bonchev–Trinajstić information content (AvgIpc) is 2.39. The Balaban J connectivity index is 0. The van der Waals surface area contributed by atoms with Crippen molar-refractivity contribution >= 4 is 5.91 Å². The van der Waals surface area contributed by atoms with Gasteiger partial charge in [-0.25, -0.2) is 0 Å². The van der Waals surface area contributed by atoms with Gasteiger partial charge >= 0.3 is 0 Å². The molecule has 1 N–H and O–H groups in total. The van der Waals surface area contributed by atoms with E-state index in [1.807, 2.05) is 13.8 Å². The van der Waals surface area contributed by atoms with Gasteiger partial charge in [0.25, 0.3) is 0 Å². The number of nitrogens with zero attached hydrogens (tertiary/aromatic N) is 1. The maximum Gasteiger partial charge on any atom is 0.222 e. The summed E-state index contributed by atoms with van der Waals surface area (Å²) < 4.78 is 5.24. The molecule has 0 aromatic rings. The Morgan fingerprint density at radius 1 is 1.32 bits per heavy atom. The maximum absolute atomic E-state index is 10.4. The lowest BCUT2D eigenvalue weighted by molar-refractivity contribution is -0.123. The molecule has 0 unspecified atom stereocenters. The van der Waals surface area contributed by atoms with Crippen LogP contribution in [-0.4, -0.2) is 50.7 Å². The number of nitrogens with one attached hydrogen (secondary N) is 1. The Morgan fingerprint density at radius 3 is 2.26 bits per heavy atom. The zero-order valence-electron chi connectivity index (χ0n) is 13.0. The van der Waals surface area contributed by atoms with Crippen molar-refractivity contribution in [2.75, 3.05) is 39.9 Å². The van der Waals surface area contributed by atoms with E-state index >= 15 is 0 Å². The number of carbonyl (C=O) groups excluding carboxylic acids is 1. The Morgan fingerprint density at radius 2 is 1.89 bits per heavy atom. The van der Waals surface area contributed by atoms with Crippen LogP contribution >= 0.6 is 0 Å². The molecule has 0 aromatic carbocycles. The van der Waals surface area contributed by atoms with Gasteiger partial charge in [0.1, 0.15) is 0 Å². The first-order valence-corrected chi connectivity index (χ1v) is 6.97. The van der Waals surface area contributed by atoms with Crippen LogP contribution in [-0.2, 0) is 9.53 Å². The van der Waals surface area contributed by atoms with Crippen LogP contribution in [0.2, 0.25) is 0 Å². The predicted octanol–water partition coefficient (Wildman–Crippen LogP) is 1.61. The van der Waals surface area contributed by atoms with Crippen molar-refractivity contribution in [2.45, 2.75) is 27.7 Å². The molecule has 4 nitrogen and oxygen atoms in total. The second-order valence-electron chi connectivity index (χ2n) is 5.13. The third-order valence-electron chi connectivity index (χ3n) is 2.57. The van der Waals surface area contributed by atoms with Gasteiger partial charge in [-0.15, -0.1) is 0 Å². The molecule has 4 heteroatoms. The molecule has 0 atom stereocenters. The van der Waals surface area contributed by atoms with E-state index in [0.29, 0.717) is 5.92 Å². The average molecular weight is 270 g/mol. The summed E-state index contributed by atoms with van der Waals surface area (Å²) in [7, 11) is 1.64. The number of hydrogen-bond acceptors (Lipinski definition) is 3. The Hall–Kier alpha value is -1.05. The van der Waals surface area contributed by atoms with E-state index in [2.05, 4.69) is 35.9 Å². The van der Waals surface area contributed by atoms with Crippen LogP contribution in [0.5, 0.6) is 0 Å². The van der Waals surface area contributed by atoms with Crippen LogP contribution in [0, 0.1) is 23.7 Å². The lowest BCUT2D eigenvalue weighted by Gasteiger charge is -2.24. The van der Waals surface area contributed by atoms with Crippen molar-refractivity contribution in [3.05, 3.63) is 0 Å². The van der Waals surface area contributed by atoms with Crippen molar-refractivity contribution in [1.82, 2.24) is 10.2 Å². The van der Waals surface area contributed by atoms with Gasteiger partial charge in [0.05, 0.1) is 19.8 Å². The van der Waals surface area contributed by atoms with E-state index in [1.165, 1.54) is 0 Å². The highest BCUT2D eigenvalue weighted by atomic mass is 16.5. The van der Waals surface area contributed by atoms with Crippen LogP contribution < -0.4 is 5.32 Å². The summed E-state index contributed by atoms with van der Waals surface area (Å²) in [5.74, 6) is 7.04. The highest BCUT2D eigenvalue weighted by Gasteiger charge is 2.07. The lowest BCUT2D eigenvalue weighted by atomic mass is 10.2. The summed E-state index contributed by atoms with van der Waals surface area (Å²) >= 11 is 0. The largest absolute Gasteiger partial charge is 0.379 e. The van der Waals surface area contributed by atoms with Gasteiger partial charge in [0.2, 0.25) is 5.91 Å². The Bertz CT molecular complexity index is 303. The van der Waals surface area contributed by atoms with Crippen molar-refractivity contribution in [3.8, 4) is 11.8 Å². The smallest absolute Gasteiger partial charge is 0.222 e. The molecule has 0 bridgehead atoms. The third kappa shape index (κ3) is 10.5. The quantitative estimate of drug-likeness (QED) is 0.775. The van der Waals surface area contributed by atoms with Crippen molar-refractivity contribution < 1.29 is 11.0 Å². The molecule has 0 aromatic heterocycles. The number of amides is 1. The molecule has 112 valence electrons. The van der Waals surface area contributed by atoms with E-state index in [-0.39, 0.29) is 13.3 Å². The number of ether oxygens (including phenoxy) is 1. The number of morpholine rings is 1. The molecule has 1 aliphatic rings. The molecule has 1 heterocycles. The zero-order valence-corrected chi connectivity index (χ0v) is 13.0. The fourth-order valence-electron chi connectivity index (χ4n) is 1.41. The van der Waals surface area contributed by atoms with Gasteiger partial charge in [-0.2, -0.15) is 0 Å². The van der Waals surface area contributed by atoms with Crippen molar-refractivity contribution in [1.29, 1.82) is 0 Å². The first-order chi connectivity index (χ1) is 8.97. The fraction of sp³-hybridized carbons (Fsp3) is 0.800. The molecule has 1 amide bonds. The summed E-state index contributed by atoms with van der Waals surface area (Å²) in [4.78, 5) is 12.7.